The number of aliphatic imine (C=N–C) groups is 1. The Kier molecular flexibility index (Phi) is 9.75. The van der Waals surface area contributed by atoms with Crippen molar-refractivity contribution in [2.45, 2.75) is 19.6 Å². The van der Waals surface area contributed by atoms with E-state index in [2.05, 4.69) is 20.6 Å². The monoisotopic (exact) mass is 459 g/mol. The molecule has 1 atom stereocenters. The second-order valence-electron chi connectivity index (χ2n) is 5.26. The molecule has 0 aliphatic carbocycles. The van der Waals surface area contributed by atoms with Crippen LogP contribution < -0.4 is 20.1 Å². The highest BCUT2D eigenvalue weighted by atomic mass is 127. The maximum Gasteiger partial charge on any atom is 0.191 e. The molecule has 0 amide bonds. The molecule has 0 aliphatic rings. The van der Waals surface area contributed by atoms with Crippen LogP contribution in [0.3, 0.4) is 0 Å². The summed E-state index contributed by atoms with van der Waals surface area (Å²) >= 11 is 0. The molecule has 0 radical (unpaired) electrons. The van der Waals surface area contributed by atoms with E-state index in [0.717, 1.165) is 30.5 Å². The van der Waals surface area contributed by atoms with Gasteiger partial charge in [-0.25, -0.2) is 4.98 Å². The topological polar surface area (TPSA) is 72.7 Å². The fourth-order valence-corrected chi connectivity index (χ4v) is 2.16. The lowest BCUT2D eigenvalue weighted by atomic mass is 10.3. The summed E-state index contributed by atoms with van der Waals surface area (Å²) in [5, 5.41) is 6.51. The van der Waals surface area contributed by atoms with Crippen molar-refractivity contribution >= 4 is 29.9 Å². The third-order valence-electron chi connectivity index (χ3n) is 3.40. The molecule has 138 valence electrons. The van der Waals surface area contributed by atoms with Gasteiger partial charge in [-0.3, -0.25) is 4.99 Å². The number of imidazole rings is 1. The van der Waals surface area contributed by atoms with Crippen LogP contribution in [-0.4, -0.2) is 48.9 Å². The second kappa shape index (κ2) is 11.6. The summed E-state index contributed by atoms with van der Waals surface area (Å²) in [7, 11) is 3.38. The van der Waals surface area contributed by atoms with Gasteiger partial charge in [-0.1, -0.05) is 12.1 Å². The fraction of sp³-hybridized carbons (Fsp3) is 0.412. The molecule has 0 fully saturated rings. The quantitative estimate of drug-likeness (QED) is 0.360. The predicted octanol–water partition coefficient (Wildman–Crippen LogP) is 2.14. The van der Waals surface area contributed by atoms with Crippen LogP contribution in [0, 0.1) is 0 Å². The smallest absolute Gasteiger partial charge is 0.191 e. The number of benzene rings is 1. The maximum absolute atomic E-state index is 5.91. The van der Waals surface area contributed by atoms with Crippen LogP contribution in [0.15, 0.2) is 48.0 Å². The zero-order valence-electron chi connectivity index (χ0n) is 14.8. The van der Waals surface area contributed by atoms with Gasteiger partial charge in [0.1, 0.15) is 6.10 Å². The average Bonchev–Trinajstić information content (AvgIpc) is 3.11. The fourth-order valence-electron chi connectivity index (χ4n) is 2.16. The number of hydrogen-bond acceptors (Lipinski definition) is 4. The lowest BCUT2D eigenvalue weighted by molar-refractivity contribution is 0.213. The number of halogens is 1. The number of guanidine groups is 1. The average molecular weight is 459 g/mol. The third kappa shape index (κ3) is 7.20. The van der Waals surface area contributed by atoms with Gasteiger partial charge in [0.25, 0.3) is 0 Å². The lowest BCUT2D eigenvalue weighted by Gasteiger charge is -2.19. The molecule has 1 aromatic heterocycles. The Balaban J connectivity index is 0.00000312. The summed E-state index contributed by atoms with van der Waals surface area (Å²) in [6.07, 6.45) is 5.46. The Morgan fingerprint density at radius 3 is 2.68 bits per heavy atom. The Hall–Kier alpha value is -1.97. The maximum atomic E-state index is 5.91. The van der Waals surface area contributed by atoms with Gasteiger partial charge >= 0.3 is 0 Å². The summed E-state index contributed by atoms with van der Waals surface area (Å²) in [5.41, 5.74) is 0. The van der Waals surface area contributed by atoms with E-state index < -0.39 is 0 Å². The molecular weight excluding hydrogens is 433 g/mol. The van der Waals surface area contributed by atoms with Gasteiger partial charge in [0, 0.05) is 32.5 Å². The molecule has 1 aromatic carbocycles. The van der Waals surface area contributed by atoms with Gasteiger partial charge in [0.15, 0.2) is 17.5 Å². The molecule has 0 bridgehead atoms. The van der Waals surface area contributed by atoms with Crippen molar-refractivity contribution in [1.29, 1.82) is 0 Å². The molecule has 2 aromatic rings. The number of methoxy groups -OCH3 is 1. The van der Waals surface area contributed by atoms with Crippen molar-refractivity contribution < 1.29 is 9.47 Å². The molecular formula is C17H26IN5O2. The second-order valence-corrected chi connectivity index (χ2v) is 5.26. The third-order valence-corrected chi connectivity index (χ3v) is 3.40. The van der Waals surface area contributed by atoms with E-state index >= 15 is 0 Å². The number of rotatable bonds is 8. The van der Waals surface area contributed by atoms with Gasteiger partial charge in [-0.05, 0) is 19.1 Å². The molecule has 1 unspecified atom stereocenters. The molecule has 25 heavy (non-hydrogen) atoms. The van der Waals surface area contributed by atoms with Crippen molar-refractivity contribution in [2.75, 3.05) is 27.2 Å². The highest BCUT2D eigenvalue weighted by Crippen LogP contribution is 2.26. The van der Waals surface area contributed by atoms with Gasteiger partial charge in [0.2, 0.25) is 0 Å². The minimum absolute atomic E-state index is 0. The van der Waals surface area contributed by atoms with Crippen LogP contribution in [0.4, 0.5) is 0 Å². The Morgan fingerprint density at radius 1 is 1.28 bits per heavy atom. The van der Waals surface area contributed by atoms with E-state index in [1.54, 1.807) is 26.7 Å². The van der Waals surface area contributed by atoms with E-state index in [9.17, 15) is 0 Å². The Morgan fingerprint density at radius 2 is 2.04 bits per heavy atom. The molecule has 2 rings (SSSR count). The van der Waals surface area contributed by atoms with Crippen molar-refractivity contribution in [3.63, 3.8) is 0 Å². The summed E-state index contributed by atoms with van der Waals surface area (Å²) in [6.45, 7) is 4.22. The summed E-state index contributed by atoms with van der Waals surface area (Å²) in [6, 6.07) is 7.62. The van der Waals surface area contributed by atoms with Crippen LogP contribution in [-0.2, 0) is 6.54 Å². The van der Waals surface area contributed by atoms with Crippen molar-refractivity contribution in [3.8, 4) is 11.5 Å². The Bertz CT molecular complexity index is 634. The minimum Gasteiger partial charge on any atom is -0.493 e. The van der Waals surface area contributed by atoms with Gasteiger partial charge in [-0.15, -0.1) is 24.0 Å². The normalized spacial score (nSPS) is 12.0. The van der Waals surface area contributed by atoms with Crippen molar-refractivity contribution in [3.05, 3.63) is 43.0 Å². The highest BCUT2D eigenvalue weighted by molar-refractivity contribution is 14.0. The van der Waals surface area contributed by atoms with E-state index in [-0.39, 0.29) is 30.1 Å². The number of para-hydroxylation sites is 2. The first-order valence-corrected chi connectivity index (χ1v) is 7.93. The summed E-state index contributed by atoms with van der Waals surface area (Å²) < 4.78 is 13.2. The van der Waals surface area contributed by atoms with Crippen LogP contribution >= 0.6 is 24.0 Å². The number of nitrogens with one attached hydrogen (secondary N) is 2. The molecule has 2 N–H and O–H groups in total. The first-order valence-electron chi connectivity index (χ1n) is 7.93. The summed E-state index contributed by atoms with van der Waals surface area (Å²) in [4.78, 5) is 8.23. The predicted molar refractivity (Wildman–Crippen MR) is 110 cm³/mol. The number of nitrogens with zero attached hydrogens (tertiary/aromatic N) is 3. The molecule has 8 heteroatoms. The van der Waals surface area contributed by atoms with E-state index in [4.69, 9.17) is 9.47 Å². The van der Waals surface area contributed by atoms with E-state index in [1.165, 1.54) is 0 Å². The van der Waals surface area contributed by atoms with Crippen LogP contribution in [0.1, 0.15) is 6.92 Å². The van der Waals surface area contributed by atoms with Gasteiger partial charge < -0.3 is 24.7 Å². The van der Waals surface area contributed by atoms with Gasteiger partial charge in [-0.2, -0.15) is 0 Å². The molecule has 0 spiro atoms. The van der Waals surface area contributed by atoms with Gasteiger partial charge in [0.05, 0.1) is 20.0 Å². The van der Waals surface area contributed by atoms with Crippen LogP contribution in [0.2, 0.25) is 0 Å². The molecule has 0 aliphatic heterocycles. The Labute approximate surface area is 165 Å². The standard InChI is InChI=1S/C17H25N5O2.HI/c1-14(24-16-7-5-4-6-15(16)23-3)12-21-17(18-2)20-9-11-22-10-8-19-13-22;/h4-8,10,13-14H,9,11-12H2,1-3H3,(H2,18,20,21);1H. The number of hydrogen-bond donors (Lipinski definition) is 2. The van der Waals surface area contributed by atoms with Crippen molar-refractivity contribution in [1.82, 2.24) is 20.2 Å². The van der Waals surface area contributed by atoms with Crippen LogP contribution in [0.5, 0.6) is 11.5 Å². The lowest BCUT2D eigenvalue weighted by Crippen LogP contribution is -2.42. The molecule has 0 saturated heterocycles. The first kappa shape index (κ1) is 21.1. The summed E-state index contributed by atoms with van der Waals surface area (Å²) in [5.74, 6) is 2.20. The SMILES string of the molecule is CN=C(NCCn1ccnc1)NCC(C)Oc1ccccc1OC.I. The van der Waals surface area contributed by atoms with E-state index in [0.29, 0.717) is 6.54 Å². The molecule has 0 saturated carbocycles. The molecule has 1 heterocycles. The minimum atomic E-state index is -0.0338. The zero-order valence-corrected chi connectivity index (χ0v) is 17.1. The largest absolute Gasteiger partial charge is 0.493 e. The number of aromatic nitrogens is 2. The van der Waals surface area contributed by atoms with E-state index in [1.807, 2.05) is 42.0 Å². The first-order chi connectivity index (χ1) is 11.7. The number of ether oxygens (including phenoxy) is 2. The molecule has 7 nitrogen and oxygen atoms in total. The van der Waals surface area contributed by atoms with Crippen molar-refractivity contribution in [2.24, 2.45) is 4.99 Å². The van der Waals surface area contributed by atoms with Crippen LogP contribution in [0.25, 0.3) is 0 Å². The zero-order chi connectivity index (χ0) is 17.2. The highest BCUT2D eigenvalue weighted by Gasteiger charge is 2.09.